The predicted molar refractivity (Wildman–Crippen MR) is 106 cm³/mol. The molecule has 2 atom stereocenters. The second kappa shape index (κ2) is 7.54. The number of amides is 2. The van der Waals surface area contributed by atoms with Gasteiger partial charge >= 0.3 is 0 Å². The highest BCUT2D eigenvalue weighted by Gasteiger charge is 2.31. The largest absolute Gasteiger partial charge is 0.454 e. The summed E-state index contributed by atoms with van der Waals surface area (Å²) in [5.41, 5.74) is 1.48. The second-order valence-electron chi connectivity index (χ2n) is 7.41. The quantitative estimate of drug-likeness (QED) is 0.872. The molecule has 0 radical (unpaired) electrons. The van der Waals surface area contributed by atoms with Crippen molar-refractivity contribution in [2.75, 3.05) is 12.1 Å². The van der Waals surface area contributed by atoms with Gasteiger partial charge in [0.25, 0.3) is 11.8 Å². The number of carbonyl (C=O) groups excluding carboxylic acids is 2. The topological polar surface area (TPSA) is 67.9 Å². The number of likely N-dealkylation sites (tertiary alicyclic amines) is 1. The van der Waals surface area contributed by atoms with E-state index in [9.17, 15) is 9.59 Å². The van der Waals surface area contributed by atoms with E-state index in [4.69, 9.17) is 9.47 Å². The smallest absolute Gasteiger partial charge is 0.256 e. The normalized spacial score (nSPS) is 20.7. The van der Waals surface area contributed by atoms with Crippen LogP contribution in [0.3, 0.4) is 0 Å². The first-order chi connectivity index (χ1) is 13.5. The Kier molecular flexibility index (Phi) is 4.94. The van der Waals surface area contributed by atoms with Gasteiger partial charge in [-0.2, -0.15) is 0 Å². The van der Waals surface area contributed by atoms with E-state index in [-0.39, 0.29) is 30.7 Å². The van der Waals surface area contributed by atoms with Crippen molar-refractivity contribution < 1.29 is 19.1 Å². The van der Waals surface area contributed by atoms with E-state index in [1.54, 1.807) is 30.3 Å². The van der Waals surface area contributed by atoms with Gasteiger partial charge in [0.15, 0.2) is 11.5 Å². The van der Waals surface area contributed by atoms with Gasteiger partial charge in [0, 0.05) is 17.6 Å². The van der Waals surface area contributed by atoms with E-state index in [0.29, 0.717) is 28.3 Å². The number of anilines is 1. The zero-order valence-corrected chi connectivity index (χ0v) is 16.1. The number of carbonyl (C=O) groups is 2. The minimum absolute atomic E-state index is 0.0405. The Balaban J connectivity index is 1.57. The lowest BCUT2D eigenvalue weighted by molar-refractivity contribution is 0.0512. The van der Waals surface area contributed by atoms with E-state index >= 15 is 0 Å². The summed E-state index contributed by atoms with van der Waals surface area (Å²) in [6.07, 6.45) is 3.14. The molecule has 2 aliphatic heterocycles. The first-order valence-corrected chi connectivity index (χ1v) is 9.67. The highest BCUT2D eigenvalue weighted by atomic mass is 16.7. The zero-order valence-electron chi connectivity index (χ0n) is 16.1. The minimum Gasteiger partial charge on any atom is -0.454 e. The molecule has 2 unspecified atom stereocenters. The summed E-state index contributed by atoms with van der Waals surface area (Å²) < 4.78 is 10.6. The van der Waals surface area contributed by atoms with E-state index in [1.807, 2.05) is 17.0 Å². The standard InChI is InChI=1S/C22H24N2O4/c1-14-6-5-7-15(2)24(14)22(26)17-8-3-4-9-18(17)23-21(25)16-10-11-19-20(12-16)28-13-27-19/h3-4,8-12,14-15H,5-7,13H2,1-2H3,(H,23,25). The summed E-state index contributed by atoms with van der Waals surface area (Å²) in [6.45, 7) is 4.33. The van der Waals surface area contributed by atoms with Gasteiger partial charge in [-0.05, 0) is 63.4 Å². The highest BCUT2D eigenvalue weighted by molar-refractivity contribution is 6.09. The van der Waals surface area contributed by atoms with Crippen LogP contribution in [0.25, 0.3) is 0 Å². The number of nitrogens with one attached hydrogen (secondary N) is 1. The van der Waals surface area contributed by atoms with E-state index in [2.05, 4.69) is 19.2 Å². The molecule has 2 aliphatic rings. The molecular weight excluding hydrogens is 356 g/mol. The molecule has 0 bridgehead atoms. The Bertz CT molecular complexity index is 901. The number of fused-ring (bicyclic) bond motifs is 1. The van der Waals surface area contributed by atoms with Crippen LogP contribution in [0.5, 0.6) is 11.5 Å². The summed E-state index contributed by atoms with van der Waals surface area (Å²) >= 11 is 0. The van der Waals surface area contributed by atoms with Crippen LogP contribution in [0.1, 0.15) is 53.8 Å². The van der Waals surface area contributed by atoms with Crippen molar-refractivity contribution in [3.63, 3.8) is 0 Å². The summed E-state index contributed by atoms with van der Waals surface area (Å²) in [4.78, 5) is 28.0. The summed E-state index contributed by atoms with van der Waals surface area (Å²) in [5.74, 6) is 0.841. The molecule has 6 heteroatoms. The van der Waals surface area contributed by atoms with Crippen LogP contribution in [-0.2, 0) is 0 Å². The second-order valence-corrected chi connectivity index (χ2v) is 7.41. The Morgan fingerprint density at radius 3 is 2.50 bits per heavy atom. The molecule has 1 saturated heterocycles. The first-order valence-electron chi connectivity index (χ1n) is 9.67. The third kappa shape index (κ3) is 3.42. The maximum absolute atomic E-state index is 13.3. The summed E-state index contributed by atoms with van der Waals surface area (Å²) in [5, 5.41) is 2.88. The lowest BCUT2D eigenvalue weighted by Crippen LogP contribution is -2.47. The van der Waals surface area contributed by atoms with Gasteiger partial charge in [-0.15, -0.1) is 0 Å². The molecule has 4 rings (SSSR count). The lowest BCUT2D eigenvalue weighted by atomic mass is 9.96. The maximum Gasteiger partial charge on any atom is 0.256 e. The summed E-state index contributed by atoms with van der Waals surface area (Å²) in [7, 11) is 0. The van der Waals surface area contributed by atoms with Crippen LogP contribution < -0.4 is 14.8 Å². The molecule has 2 heterocycles. The molecule has 146 valence electrons. The lowest BCUT2D eigenvalue weighted by Gasteiger charge is -2.39. The maximum atomic E-state index is 13.3. The molecule has 2 aromatic carbocycles. The SMILES string of the molecule is CC1CCCC(C)N1C(=O)c1ccccc1NC(=O)c1ccc2c(c1)OCO2. The van der Waals surface area contributed by atoms with Crippen LogP contribution in [0.2, 0.25) is 0 Å². The molecule has 1 N–H and O–H groups in total. The fraction of sp³-hybridized carbons (Fsp3) is 0.364. The fourth-order valence-electron chi connectivity index (χ4n) is 3.97. The molecule has 2 amide bonds. The number of ether oxygens (including phenoxy) is 2. The van der Waals surface area contributed by atoms with Crippen LogP contribution >= 0.6 is 0 Å². The molecular formula is C22H24N2O4. The highest BCUT2D eigenvalue weighted by Crippen LogP contribution is 2.33. The molecule has 6 nitrogen and oxygen atoms in total. The van der Waals surface area contributed by atoms with E-state index < -0.39 is 0 Å². The Hall–Kier alpha value is -3.02. The van der Waals surface area contributed by atoms with Crippen LogP contribution in [0.15, 0.2) is 42.5 Å². The average molecular weight is 380 g/mol. The van der Waals surface area contributed by atoms with Gasteiger partial charge in [-0.3, -0.25) is 9.59 Å². The fourth-order valence-corrected chi connectivity index (χ4v) is 3.97. The van der Waals surface area contributed by atoms with Crippen molar-refractivity contribution >= 4 is 17.5 Å². The number of benzene rings is 2. The van der Waals surface area contributed by atoms with Gasteiger partial charge in [0.1, 0.15) is 0 Å². The number of hydrogen-bond acceptors (Lipinski definition) is 4. The van der Waals surface area contributed by atoms with Gasteiger partial charge in [0.05, 0.1) is 11.3 Å². The van der Waals surface area contributed by atoms with Crippen molar-refractivity contribution in [2.24, 2.45) is 0 Å². The van der Waals surface area contributed by atoms with Crippen molar-refractivity contribution in [2.45, 2.75) is 45.2 Å². The van der Waals surface area contributed by atoms with Crippen LogP contribution in [0.4, 0.5) is 5.69 Å². The van der Waals surface area contributed by atoms with Crippen molar-refractivity contribution in [1.82, 2.24) is 4.90 Å². The third-order valence-electron chi connectivity index (χ3n) is 5.47. The van der Waals surface area contributed by atoms with Crippen LogP contribution in [0, 0.1) is 0 Å². The minimum atomic E-state index is -0.293. The molecule has 0 aliphatic carbocycles. The van der Waals surface area contributed by atoms with Gasteiger partial charge in [-0.1, -0.05) is 12.1 Å². The molecule has 1 fully saturated rings. The first kappa shape index (κ1) is 18.3. The number of piperidine rings is 1. The van der Waals surface area contributed by atoms with E-state index in [0.717, 1.165) is 19.3 Å². The number of para-hydroxylation sites is 1. The van der Waals surface area contributed by atoms with E-state index in [1.165, 1.54) is 0 Å². The molecule has 0 spiro atoms. The number of hydrogen-bond donors (Lipinski definition) is 1. The van der Waals surface area contributed by atoms with Gasteiger partial charge in [0.2, 0.25) is 6.79 Å². The Labute approximate surface area is 164 Å². The Morgan fingerprint density at radius 1 is 1.00 bits per heavy atom. The van der Waals surface area contributed by atoms with Crippen molar-refractivity contribution in [3.05, 3.63) is 53.6 Å². The van der Waals surface area contributed by atoms with Crippen molar-refractivity contribution in [1.29, 1.82) is 0 Å². The molecule has 2 aromatic rings. The third-order valence-corrected chi connectivity index (χ3v) is 5.47. The monoisotopic (exact) mass is 380 g/mol. The average Bonchev–Trinajstić information content (AvgIpc) is 3.16. The van der Waals surface area contributed by atoms with Gasteiger partial charge in [-0.25, -0.2) is 0 Å². The van der Waals surface area contributed by atoms with Crippen LogP contribution in [-0.4, -0.2) is 35.6 Å². The molecule has 0 aromatic heterocycles. The van der Waals surface area contributed by atoms with Crippen molar-refractivity contribution in [3.8, 4) is 11.5 Å². The predicted octanol–water partition coefficient (Wildman–Crippen LogP) is 4.07. The van der Waals surface area contributed by atoms with Gasteiger partial charge < -0.3 is 19.7 Å². The summed E-state index contributed by atoms with van der Waals surface area (Å²) in [6, 6.07) is 12.6. The Morgan fingerprint density at radius 2 is 1.71 bits per heavy atom. The number of nitrogens with zero attached hydrogens (tertiary/aromatic N) is 1. The zero-order chi connectivity index (χ0) is 19.7. The molecule has 28 heavy (non-hydrogen) atoms. The number of rotatable bonds is 3. The molecule has 0 saturated carbocycles.